The number of benzene rings is 1. The Hall–Kier alpha value is -2.44. The van der Waals surface area contributed by atoms with Gasteiger partial charge in [0.05, 0.1) is 21.3 Å². The number of nitrogens with zero attached hydrogens (tertiary/aromatic N) is 1. The van der Waals surface area contributed by atoms with Gasteiger partial charge in [-0.1, -0.05) is 25.7 Å². The molecule has 0 unspecified atom stereocenters. The molecule has 3 rings (SSSR count). The minimum Gasteiger partial charge on any atom is -0.493 e. The molecule has 0 bridgehead atoms. The van der Waals surface area contributed by atoms with E-state index in [9.17, 15) is 9.59 Å². The zero-order valence-corrected chi connectivity index (χ0v) is 18.4. The third-order valence-electron chi connectivity index (χ3n) is 6.27. The zero-order chi connectivity index (χ0) is 21.5. The van der Waals surface area contributed by atoms with Crippen LogP contribution in [0.25, 0.3) is 0 Å². The van der Waals surface area contributed by atoms with Crippen molar-refractivity contribution < 1.29 is 23.8 Å². The number of hydrogen-bond acceptors (Lipinski definition) is 5. The minimum absolute atomic E-state index is 0.0164. The van der Waals surface area contributed by atoms with Crippen molar-refractivity contribution in [2.45, 2.75) is 57.4 Å². The number of hydrogen-bond donors (Lipinski definition) is 1. The first-order valence-electron chi connectivity index (χ1n) is 11.0. The van der Waals surface area contributed by atoms with Gasteiger partial charge in [-0.25, -0.2) is 0 Å². The number of amides is 2. The lowest BCUT2D eigenvalue weighted by Crippen LogP contribution is -2.45. The molecule has 7 heteroatoms. The summed E-state index contributed by atoms with van der Waals surface area (Å²) in [5.74, 6) is 1.43. The smallest absolute Gasteiger partial charge is 0.254 e. The lowest BCUT2D eigenvalue weighted by molar-refractivity contribution is -0.127. The highest BCUT2D eigenvalue weighted by atomic mass is 16.5. The van der Waals surface area contributed by atoms with Gasteiger partial charge >= 0.3 is 0 Å². The molecule has 30 heavy (non-hydrogen) atoms. The highest BCUT2D eigenvalue weighted by molar-refractivity contribution is 5.96. The van der Waals surface area contributed by atoms with E-state index in [1.165, 1.54) is 47.0 Å². The largest absolute Gasteiger partial charge is 0.493 e. The Morgan fingerprint density at radius 3 is 1.93 bits per heavy atom. The molecule has 1 saturated carbocycles. The van der Waals surface area contributed by atoms with Crippen molar-refractivity contribution >= 4 is 11.8 Å². The molecule has 1 aromatic carbocycles. The second-order valence-corrected chi connectivity index (χ2v) is 8.18. The van der Waals surface area contributed by atoms with Crippen molar-refractivity contribution in [3.8, 4) is 17.2 Å². The molecule has 1 saturated heterocycles. The fraction of sp³-hybridized carbons (Fsp3) is 0.652. The van der Waals surface area contributed by atoms with Crippen molar-refractivity contribution in [2.75, 3.05) is 34.4 Å². The molecule has 0 atom stereocenters. The van der Waals surface area contributed by atoms with Crippen LogP contribution in [0, 0.1) is 5.92 Å². The van der Waals surface area contributed by atoms with Crippen molar-refractivity contribution in [3.05, 3.63) is 17.7 Å². The first-order chi connectivity index (χ1) is 14.6. The summed E-state index contributed by atoms with van der Waals surface area (Å²) in [5.41, 5.74) is 0.492. The Kier molecular flexibility index (Phi) is 7.82. The van der Waals surface area contributed by atoms with E-state index in [0.29, 0.717) is 54.8 Å². The number of nitrogens with one attached hydrogen (secondary N) is 1. The van der Waals surface area contributed by atoms with E-state index < -0.39 is 0 Å². The number of rotatable bonds is 6. The second kappa shape index (κ2) is 10.5. The highest BCUT2D eigenvalue weighted by Gasteiger charge is 2.30. The quantitative estimate of drug-likeness (QED) is 0.717. The van der Waals surface area contributed by atoms with Crippen LogP contribution in [-0.4, -0.2) is 57.2 Å². The molecular weight excluding hydrogens is 384 g/mol. The van der Waals surface area contributed by atoms with E-state index in [1.807, 2.05) is 0 Å². The van der Waals surface area contributed by atoms with Gasteiger partial charge in [0.2, 0.25) is 11.7 Å². The first kappa shape index (κ1) is 22.2. The molecule has 1 aliphatic carbocycles. The van der Waals surface area contributed by atoms with E-state index in [2.05, 4.69) is 5.32 Å². The van der Waals surface area contributed by atoms with Crippen molar-refractivity contribution in [1.29, 1.82) is 0 Å². The fourth-order valence-corrected chi connectivity index (χ4v) is 4.47. The van der Waals surface area contributed by atoms with Crippen LogP contribution in [0.4, 0.5) is 0 Å². The number of ether oxygens (including phenoxy) is 3. The summed E-state index contributed by atoms with van der Waals surface area (Å²) in [7, 11) is 4.60. The van der Waals surface area contributed by atoms with E-state index in [4.69, 9.17) is 14.2 Å². The minimum atomic E-state index is -0.0862. The molecule has 0 radical (unpaired) electrons. The number of piperidine rings is 1. The second-order valence-electron chi connectivity index (χ2n) is 8.18. The van der Waals surface area contributed by atoms with Crippen molar-refractivity contribution in [2.24, 2.45) is 5.92 Å². The van der Waals surface area contributed by atoms with Crippen LogP contribution in [0.1, 0.15) is 61.7 Å². The molecule has 2 fully saturated rings. The summed E-state index contributed by atoms with van der Waals surface area (Å²) in [5, 5.41) is 3.26. The van der Waals surface area contributed by atoms with E-state index in [-0.39, 0.29) is 17.7 Å². The molecule has 7 nitrogen and oxygen atoms in total. The molecule has 0 aromatic heterocycles. The van der Waals surface area contributed by atoms with Gasteiger partial charge in [-0.2, -0.15) is 0 Å². The number of carbonyl (C=O) groups is 2. The monoisotopic (exact) mass is 418 g/mol. The molecular formula is C23H34N2O5. The van der Waals surface area contributed by atoms with Gasteiger partial charge < -0.3 is 24.4 Å². The van der Waals surface area contributed by atoms with Crippen LogP contribution in [0.2, 0.25) is 0 Å². The van der Waals surface area contributed by atoms with Gasteiger partial charge in [-0.05, 0) is 37.8 Å². The molecule has 2 aliphatic rings. The first-order valence-corrected chi connectivity index (χ1v) is 11.0. The van der Waals surface area contributed by atoms with Gasteiger partial charge in [0.15, 0.2) is 11.5 Å². The molecule has 1 aromatic rings. The Labute approximate surface area is 179 Å². The highest BCUT2D eigenvalue weighted by Crippen LogP contribution is 2.38. The Bertz CT molecular complexity index is 710. The van der Waals surface area contributed by atoms with Gasteiger partial charge in [0, 0.05) is 30.6 Å². The van der Waals surface area contributed by atoms with Gasteiger partial charge in [0.1, 0.15) is 0 Å². The van der Waals surface area contributed by atoms with Crippen molar-refractivity contribution in [3.63, 3.8) is 0 Å². The topological polar surface area (TPSA) is 77.1 Å². The predicted octanol–water partition coefficient (Wildman–Crippen LogP) is 3.40. The molecule has 1 N–H and O–H groups in total. The van der Waals surface area contributed by atoms with E-state index in [1.54, 1.807) is 17.0 Å². The van der Waals surface area contributed by atoms with Crippen molar-refractivity contribution in [1.82, 2.24) is 10.2 Å². The van der Waals surface area contributed by atoms with Gasteiger partial charge in [0.25, 0.3) is 5.91 Å². The van der Waals surface area contributed by atoms with Gasteiger partial charge in [-0.15, -0.1) is 0 Å². The zero-order valence-electron chi connectivity index (χ0n) is 18.4. The van der Waals surface area contributed by atoms with Gasteiger partial charge in [-0.3, -0.25) is 9.59 Å². The number of carbonyl (C=O) groups excluding carboxylic acids is 2. The molecule has 1 heterocycles. The summed E-state index contributed by atoms with van der Waals surface area (Å²) in [4.78, 5) is 27.5. The maximum Gasteiger partial charge on any atom is 0.254 e. The summed E-state index contributed by atoms with van der Waals surface area (Å²) in [6.07, 6.45) is 8.50. The van der Waals surface area contributed by atoms with E-state index >= 15 is 0 Å². The summed E-state index contributed by atoms with van der Waals surface area (Å²) in [6, 6.07) is 3.67. The lowest BCUT2D eigenvalue weighted by Gasteiger charge is -2.32. The molecule has 0 spiro atoms. The molecule has 166 valence electrons. The van der Waals surface area contributed by atoms with Crippen LogP contribution in [0.3, 0.4) is 0 Å². The average molecular weight is 419 g/mol. The predicted molar refractivity (Wildman–Crippen MR) is 114 cm³/mol. The Morgan fingerprint density at radius 1 is 0.867 bits per heavy atom. The average Bonchev–Trinajstić information content (AvgIpc) is 3.06. The summed E-state index contributed by atoms with van der Waals surface area (Å²) in [6.45, 7) is 1.14. The molecule has 2 amide bonds. The maximum absolute atomic E-state index is 13.0. The third kappa shape index (κ3) is 5.18. The fourth-order valence-electron chi connectivity index (χ4n) is 4.47. The standard InChI is InChI=1S/C23H34N2O5/c1-28-19-14-17(15-20(29-2)21(19)30-3)23(27)25-12-10-16(11-13-25)22(26)24-18-8-6-4-5-7-9-18/h14-16,18H,4-13H2,1-3H3,(H,24,26). The van der Waals surface area contributed by atoms with Crippen LogP contribution < -0.4 is 19.5 Å². The summed E-state index contributed by atoms with van der Waals surface area (Å²) < 4.78 is 16.0. The summed E-state index contributed by atoms with van der Waals surface area (Å²) >= 11 is 0. The number of methoxy groups -OCH3 is 3. The van der Waals surface area contributed by atoms with Crippen LogP contribution >= 0.6 is 0 Å². The Morgan fingerprint density at radius 2 is 1.43 bits per heavy atom. The third-order valence-corrected chi connectivity index (χ3v) is 6.27. The molecule has 1 aliphatic heterocycles. The normalized spacial score (nSPS) is 18.4. The van der Waals surface area contributed by atoms with E-state index in [0.717, 1.165) is 12.8 Å². The van der Waals surface area contributed by atoms with Crippen LogP contribution in [-0.2, 0) is 4.79 Å². The Balaban J connectivity index is 1.59. The lowest BCUT2D eigenvalue weighted by atomic mass is 9.94. The van der Waals surface area contributed by atoms with Crippen LogP contribution in [0.5, 0.6) is 17.2 Å². The maximum atomic E-state index is 13.0. The number of likely N-dealkylation sites (tertiary alicyclic amines) is 1. The SMILES string of the molecule is COc1cc(C(=O)N2CCC(C(=O)NC3CCCCCC3)CC2)cc(OC)c1OC. The van der Waals surface area contributed by atoms with Crippen LogP contribution in [0.15, 0.2) is 12.1 Å².